The molecule has 2 fully saturated rings. The summed E-state index contributed by atoms with van der Waals surface area (Å²) in [5.41, 5.74) is 13.1. The maximum Gasteiger partial charge on any atom is 0.0483 e. The predicted molar refractivity (Wildman–Crippen MR) is 146 cm³/mol. The lowest BCUT2D eigenvalue weighted by molar-refractivity contribution is 0.303. The number of aromatic nitrogens is 1. The first-order valence-electron chi connectivity index (χ1n) is 14.1. The van der Waals surface area contributed by atoms with Crippen LogP contribution in [0.15, 0.2) is 48.7 Å². The van der Waals surface area contributed by atoms with Gasteiger partial charge in [0.1, 0.15) is 0 Å². The Morgan fingerprint density at radius 2 is 1.62 bits per heavy atom. The van der Waals surface area contributed by atoms with Crippen LogP contribution in [-0.2, 0) is 13.0 Å². The molecule has 2 aliphatic rings. The fourth-order valence-corrected chi connectivity index (χ4v) is 6.60. The molecule has 182 valence electrons. The van der Waals surface area contributed by atoms with Crippen LogP contribution in [0.4, 0.5) is 0 Å². The lowest BCUT2D eigenvalue weighted by Crippen LogP contribution is -2.26. The Kier molecular flexibility index (Phi) is 7.74. The highest BCUT2D eigenvalue weighted by atomic mass is 15.0. The maximum absolute atomic E-state index is 6.11. The Balaban J connectivity index is 1.33. The molecule has 0 bridgehead atoms. The Bertz CT molecular complexity index is 1060. The number of nitrogens with zero attached hydrogens (tertiary/aromatic N) is 1. The third kappa shape index (κ3) is 5.77. The van der Waals surface area contributed by atoms with Gasteiger partial charge in [0.25, 0.3) is 0 Å². The fraction of sp³-hybridized carbons (Fsp3) is 0.562. The van der Waals surface area contributed by atoms with E-state index in [0.29, 0.717) is 6.04 Å². The Morgan fingerprint density at radius 3 is 2.41 bits per heavy atom. The summed E-state index contributed by atoms with van der Waals surface area (Å²) >= 11 is 0. The molecule has 5 rings (SSSR count). The second-order valence-corrected chi connectivity index (χ2v) is 11.4. The summed E-state index contributed by atoms with van der Waals surface area (Å²) in [6.07, 6.45) is 20.0. The summed E-state index contributed by atoms with van der Waals surface area (Å²) in [5, 5.41) is 1.48. The first-order chi connectivity index (χ1) is 16.7. The number of benzene rings is 2. The third-order valence-electron chi connectivity index (χ3n) is 8.69. The highest BCUT2D eigenvalue weighted by molar-refractivity contribution is 5.88. The predicted octanol–water partition coefficient (Wildman–Crippen LogP) is 8.43. The summed E-state index contributed by atoms with van der Waals surface area (Å²) < 4.78 is 2.60. The molecule has 1 heterocycles. The molecule has 0 unspecified atom stereocenters. The van der Waals surface area contributed by atoms with E-state index < -0.39 is 0 Å². The van der Waals surface area contributed by atoms with Crippen LogP contribution in [0.5, 0.6) is 0 Å². The molecule has 0 spiro atoms. The van der Waals surface area contributed by atoms with Gasteiger partial charge in [-0.25, -0.2) is 0 Å². The maximum atomic E-state index is 6.11. The SMILES string of the molecule is Cc1cccc(-c2ccc3c(c2)c(CCCCC2CCC(N)CC2)cn3CC2CCCCC2)c1. The van der Waals surface area contributed by atoms with Crippen LogP contribution >= 0.6 is 0 Å². The number of unbranched alkanes of at least 4 members (excludes halogenated alkanes) is 1. The number of fused-ring (bicyclic) bond motifs is 1. The van der Waals surface area contributed by atoms with Gasteiger partial charge in [0.15, 0.2) is 0 Å². The Labute approximate surface area is 206 Å². The summed E-state index contributed by atoms with van der Waals surface area (Å²) in [5.74, 6) is 1.77. The first kappa shape index (κ1) is 23.7. The second-order valence-electron chi connectivity index (χ2n) is 11.4. The van der Waals surface area contributed by atoms with Crippen molar-refractivity contribution in [1.29, 1.82) is 0 Å². The lowest BCUT2D eigenvalue weighted by Gasteiger charge is -2.25. The van der Waals surface area contributed by atoms with E-state index in [-0.39, 0.29) is 0 Å². The molecule has 2 aliphatic carbocycles. The van der Waals surface area contributed by atoms with Crippen molar-refractivity contribution in [2.45, 2.75) is 103 Å². The Hall–Kier alpha value is -2.06. The summed E-state index contributed by atoms with van der Waals surface area (Å²) in [6, 6.07) is 16.6. The van der Waals surface area contributed by atoms with E-state index >= 15 is 0 Å². The molecular formula is C32H44N2. The monoisotopic (exact) mass is 456 g/mol. The van der Waals surface area contributed by atoms with Crippen LogP contribution in [0.25, 0.3) is 22.0 Å². The fourth-order valence-electron chi connectivity index (χ4n) is 6.60. The van der Waals surface area contributed by atoms with Crippen molar-refractivity contribution in [2.75, 3.05) is 0 Å². The van der Waals surface area contributed by atoms with Crippen molar-refractivity contribution in [2.24, 2.45) is 17.6 Å². The van der Waals surface area contributed by atoms with Gasteiger partial charge in [0.2, 0.25) is 0 Å². The largest absolute Gasteiger partial charge is 0.347 e. The molecule has 2 saturated carbocycles. The van der Waals surface area contributed by atoms with Gasteiger partial charge in [0.05, 0.1) is 0 Å². The van der Waals surface area contributed by atoms with E-state index in [2.05, 4.69) is 60.2 Å². The van der Waals surface area contributed by atoms with Gasteiger partial charge in [-0.15, -0.1) is 0 Å². The average Bonchev–Trinajstić information content (AvgIpc) is 3.20. The van der Waals surface area contributed by atoms with Crippen LogP contribution < -0.4 is 5.73 Å². The minimum atomic E-state index is 0.467. The molecule has 1 aromatic heterocycles. The van der Waals surface area contributed by atoms with E-state index in [1.165, 1.54) is 118 Å². The van der Waals surface area contributed by atoms with Crippen molar-refractivity contribution in [3.8, 4) is 11.1 Å². The summed E-state index contributed by atoms with van der Waals surface area (Å²) in [7, 11) is 0. The molecular weight excluding hydrogens is 412 g/mol. The van der Waals surface area contributed by atoms with Gasteiger partial charge in [0, 0.05) is 29.7 Å². The molecule has 0 radical (unpaired) electrons. The number of nitrogens with two attached hydrogens (primary N) is 1. The average molecular weight is 457 g/mol. The molecule has 34 heavy (non-hydrogen) atoms. The molecule has 0 atom stereocenters. The highest BCUT2D eigenvalue weighted by Gasteiger charge is 2.19. The lowest BCUT2D eigenvalue weighted by atomic mass is 9.83. The normalized spacial score (nSPS) is 21.8. The molecule has 0 amide bonds. The Morgan fingerprint density at radius 1 is 0.824 bits per heavy atom. The zero-order chi connectivity index (χ0) is 23.3. The molecule has 0 saturated heterocycles. The molecule has 3 aromatic rings. The molecule has 0 aliphatic heterocycles. The number of hydrogen-bond donors (Lipinski definition) is 1. The number of hydrogen-bond acceptors (Lipinski definition) is 1. The molecule has 2 N–H and O–H groups in total. The van der Waals surface area contributed by atoms with Crippen LogP contribution in [0.3, 0.4) is 0 Å². The van der Waals surface area contributed by atoms with Crippen molar-refractivity contribution in [3.63, 3.8) is 0 Å². The van der Waals surface area contributed by atoms with Crippen molar-refractivity contribution in [1.82, 2.24) is 4.57 Å². The van der Waals surface area contributed by atoms with Crippen molar-refractivity contribution >= 4 is 10.9 Å². The van der Waals surface area contributed by atoms with E-state index in [4.69, 9.17) is 5.73 Å². The minimum absolute atomic E-state index is 0.467. The van der Waals surface area contributed by atoms with E-state index in [0.717, 1.165) is 11.8 Å². The standard InChI is InChI=1S/C32H44N2/c1-24-8-7-13-27(20-24)28-16-19-32-31(21-28)29(23-34(32)22-26-10-3-2-4-11-26)12-6-5-9-25-14-17-30(33)18-15-25/h7-8,13,16,19-21,23,25-26,30H,2-6,9-12,14-15,17-18,22,33H2,1H3. The highest BCUT2D eigenvalue weighted by Crippen LogP contribution is 2.33. The van der Waals surface area contributed by atoms with Gasteiger partial charge in [-0.1, -0.05) is 68.0 Å². The second kappa shape index (κ2) is 11.1. The van der Waals surface area contributed by atoms with Crippen LogP contribution in [0.1, 0.15) is 88.2 Å². The van der Waals surface area contributed by atoms with Crippen molar-refractivity contribution < 1.29 is 0 Å². The van der Waals surface area contributed by atoms with Crippen molar-refractivity contribution in [3.05, 3.63) is 59.8 Å². The van der Waals surface area contributed by atoms with Gasteiger partial charge in [-0.3, -0.25) is 0 Å². The molecule has 2 aromatic carbocycles. The quantitative estimate of drug-likeness (QED) is 0.339. The zero-order valence-electron chi connectivity index (χ0n) is 21.3. The van der Waals surface area contributed by atoms with Gasteiger partial charge < -0.3 is 10.3 Å². The van der Waals surface area contributed by atoms with Gasteiger partial charge in [-0.05, 0) is 98.9 Å². The number of aryl methyl sites for hydroxylation is 2. The molecule has 2 heteroatoms. The summed E-state index contributed by atoms with van der Waals surface area (Å²) in [4.78, 5) is 0. The van der Waals surface area contributed by atoms with Gasteiger partial charge >= 0.3 is 0 Å². The van der Waals surface area contributed by atoms with Crippen LogP contribution in [-0.4, -0.2) is 10.6 Å². The van der Waals surface area contributed by atoms with E-state index in [9.17, 15) is 0 Å². The van der Waals surface area contributed by atoms with Crippen LogP contribution in [0, 0.1) is 18.8 Å². The summed E-state index contributed by atoms with van der Waals surface area (Å²) in [6.45, 7) is 3.39. The molecule has 2 nitrogen and oxygen atoms in total. The zero-order valence-corrected chi connectivity index (χ0v) is 21.3. The first-order valence-corrected chi connectivity index (χ1v) is 14.1. The minimum Gasteiger partial charge on any atom is -0.347 e. The van der Waals surface area contributed by atoms with Gasteiger partial charge in [-0.2, -0.15) is 0 Å². The smallest absolute Gasteiger partial charge is 0.0483 e. The van der Waals surface area contributed by atoms with Crippen LogP contribution in [0.2, 0.25) is 0 Å². The topological polar surface area (TPSA) is 30.9 Å². The van der Waals surface area contributed by atoms with E-state index in [1.54, 1.807) is 5.56 Å². The number of rotatable bonds is 8. The van der Waals surface area contributed by atoms with E-state index in [1.807, 2.05) is 0 Å². The third-order valence-corrected chi connectivity index (χ3v) is 8.69.